The summed E-state index contributed by atoms with van der Waals surface area (Å²) in [5.74, 6) is 1.04. The minimum Gasteiger partial charge on any atom is -0.481 e. The second kappa shape index (κ2) is 23.0. The van der Waals surface area contributed by atoms with Crippen molar-refractivity contribution in [2.75, 3.05) is 19.0 Å². The van der Waals surface area contributed by atoms with Crippen LogP contribution in [0.5, 0.6) is 5.88 Å². The number of aryl methyl sites for hydroxylation is 1. The molecule has 0 unspecified atom stereocenters. The van der Waals surface area contributed by atoms with Gasteiger partial charge in [-0.1, -0.05) is 65.0 Å². The van der Waals surface area contributed by atoms with Crippen LogP contribution in [-0.2, 0) is 30.1 Å². The fraction of sp³-hybridized carbons (Fsp3) is 0.200. The number of benzene rings is 1. The van der Waals surface area contributed by atoms with Crippen molar-refractivity contribution in [2.45, 2.75) is 52.9 Å². The molecule has 0 aliphatic heterocycles. The summed E-state index contributed by atoms with van der Waals surface area (Å²) < 4.78 is 6.74. The average Bonchev–Trinajstić information content (AvgIpc) is 4.31. The molecule has 5 N–H and O–H groups in total. The van der Waals surface area contributed by atoms with Gasteiger partial charge in [0.25, 0.3) is 0 Å². The minimum atomic E-state index is -1.01. The minimum absolute atomic E-state index is 0.141. The van der Waals surface area contributed by atoms with Crippen LogP contribution in [0, 0.1) is 5.92 Å². The lowest BCUT2D eigenvalue weighted by Gasteiger charge is -2.13. The summed E-state index contributed by atoms with van der Waals surface area (Å²) in [7, 11) is 3.40. The van der Waals surface area contributed by atoms with Gasteiger partial charge >= 0.3 is 5.97 Å². The predicted molar refractivity (Wildman–Crippen MR) is 303 cm³/mol. The van der Waals surface area contributed by atoms with Crippen LogP contribution < -0.4 is 10.1 Å². The SMILES string of the molecule is CC(C)CNc1ccc(Cc2c[nH]c3ncccc23)cn1.COc1ccc(Cc2c[nH]c3nccc(-c4ccsc4)c23)cn1.Cn1nc(C(C)(C)C)cc1C(=O)c1c[nH]c2nccc(-c3cccc(/C=C/C(=O)O)c3)c12. The molecule has 10 heterocycles. The third-order valence-electron chi connectivity index (χ3n) is 12.7. The normalized spacial score (nSPS) is 11.5. The van der Waals surface area contributed by atoms with Gasteiger partial charge in [0.05, 0.1) is 18.4 Å². The quantitative estimate of drug-likeness (QED) is 0.0512. The third-order valence-corrected chi connectivity index (χ3v) is 13.3. The summed E-state index contributed by atoms with van der Waals surface area (Å²) in [4.78, 5) is 55.9. The van der Waals surface area contributed by atoms with Crippen molar-refractivity contribution in [1.29, 1.82) is 0 Å². The number of nitrogens with zero attached hydrogens (tertiary/aromatic N) is 7. The zero-order valence-electron chi connectivity index (χ0n) is 43.4. The molecule has 11 aromatic rings. The number of aromatic nitrogens is 10. The number of ether oxygens (including phenoxy) is 1. The summed E-state index contributed by atoms with van der Waals surface area (Å²) >= 11 is 1.71. The molecule has 0 amide bonds. The zero-order chi connectivity index (χ0) is 53.3. The smallest absolute Gasteiger partial charge is 0.328 e. The second-order valence-corrected chi connectivity index (χ2v) is 20.5. The molecule has 0 aliphatic carbocycles. The van der Waals surface area contributed by atoms with Crippen LogP contribution in [0.2, 0.25) is 0 Å². The molecule has 16 heteroatoms. The van der Waals surface area contributed by atoms with E-state index >= 15 is 0 Å². The molecule has 1 aromatic carbocycles. The summed E-state index contributed by atoms with van der Waals surface area (Å²) in [6, 6.07) is 27.6. The molecule has 11 rings (SSSR count). The van der Waals surface area contributed by atoms with Crippen molar-refractivity contribution in [3.63, 3.8) is 0 Å². The van der Waals surface area contributed by atoms with Crippen molar-refractivity contribution < 1.29 is 19.4 Å². The Kier molecular flexibility index (Phi) is 15.7. The number of aromatic amines is 3. The van der Waals surface area contributed by atoms with E-state index in [2.05, 4.69) is 120 Å². The van der Waals surface area contributed by atoms with Gasteiger partial charge in [0.2, 0.25) is 11.7 Å². The highest BCUT2D eigenvalue weighted by molar-refractivity contribution is 7.08. The first-order chi connectivity index (χ1) is 36.7. The van der Waals surface area contributed by atoms with Gasteiger partial charge < -0.3 is 30.1 Å². The number of ketones is 1. The second-order valence-electron chi connectivity index (χ2n) is 19.7. The summed E-state index contributed by atoms with van der Waals surface area (Å²) in [6.07, 6.45) is 19.2. The largest absolute Gasteiger partial charge is 0.481 e. The Morgan fingerprint density at radius 2 is 1.46 bits per heavy atom. The van der Waals surface area contributed by atoms with E-state index in [-0.39, 0.29) is 11.2 Å². The molecule has 0 fully saturated rings. The maximum atomic E-state index is 13.5. The van der Waals surface area contributed by atoms with Crippen LogP contribution in [0.15, 0.2) is 151 Å². The maximum absolute atomic E-state index is 13.5. The van der Waals surface area contributed by atoms with Crippen LogP contribution in [0.4, 0.5) is 5.82 Å². The zero-order valence-corrected chi connectivity index (χ0v) is 44.2. The molecule has 0 radical (unpaired) electrons. The Hall–Kier alpha value is -9.02. The van der Waals surface area contributed by atoms with Gasteiger partial charge in [-0.15, -0.1) is 0 Å². The molecule has 15 nitrogen and oxygen atoms in total. The first-order valence-corrected chi connectivity index (χ1v) is 25.8. The van der Waals surface area contributed by atoms with Gasteiger partial charge in [0.1, 0.15) is 28.5 Å². The lowest BCUT2D eigenvalue weighted by molar-refractivity contribution is -0.131. The average molecular weight is 1030 g/mol. The van der Waals surface area contributed by atoms with Crippen molar-refractivity contribution in [2.24, 2.45) is 13.0 Å². The summed E-state index contributed by atoms with van der Waals surface area (Å²) in [5.41, 5.74) is 13.9. The molecule has 0 spiro atoms. The van der Waals surface area contributed by atoms with Gasteiger partial charge in [-0.25, -0.2) is 29.7 Å². The molecule has 0 atom stereocenters. The number of anilines is 1. The highest BCUT2D eigenvalue weighted by Crippen LogP contribution is 2.34. The number of pyridine rings is 5. The molecule has 0 bridgehead atoms. The van der Waals surface area contributed by atoms with E-state index in [1.807, 2.05) is 91.6 Å². The lowest BCUT2D eigenvalue weighted by atomic mass is 9.91. The fourth-order valence-electron chi connectivity index (χ4n) is 8.74. The van der Waals surface area contributed by atoms with Crippen LogP contribution in [-0.4, -0.2) is 80.2 Å². The van der Waals surface area contributed by atoms with Gasteiger partial charge in [-0.2, -0.15) is 16.4 Å². The lowest BCUT2D eigenvalue weighted by Crippen LogP contribution is -2.12. The molecule has 0 saturated heterocycles. The van der Waals surface area contributed by atoms with Crippen LogP contribution in [0.25, 0.3) is 61.4 Å². The van der Waals surface area contributed by atoms with Crippen molar-refractivity contribution in [3.05, 3.63) is 196 Å². The van der Waals surface area contributed by atoms with Crippen LogP contribution in [0.1, 0.15) is 84.2 Å². The molecular formula is C60H59N11O4S. The van der Waals surface area contributed by atoms with E-state index in [0.29, 0.717) is 28.7 Å². The number of fused-ring (bicyclic) bond motifs is 3. The van der Waals surface area contributed by atoms with Crippen molar-refractivity contribution >= 4 is 68.1 Å². The van der Waals surface area contributed by atoms with Gasteiger partial charge in [0.15, 0.2) is 0 Å². The number of rotatable bonds is 14. The van der Waals surface area contributed by atoms with E-state index in [9.17, 15) is 9.59 Å². The number of aliphatic carboxylic acids is 1. The summed E-state index contributed by atoms with van der Waals surface area (Å²) in [5, 5.41) is 24.1. The number of hydrogen-bond acceptors (Lipinski definition) is 11. The number of carbonyl (C=O) groups is 2. The van der Waals surface area contributed by atoms with Crippen LogP contribution in [0.3, 0.4) is 0 Å². The molecular weight excluding hydrogens is 971 g/mol. The number of carbonyl (C=O) groups excluding carboxylic acids is 1. The predicted octanol–water partition coefficient (Wildman–Crippen LogP) is 12.5. The number of H-pyrrole nitrogens is 3. The maximum Gasteiger partial charge on any atom is 0.328 e. The van der Waals surface area contributed by atoms with Gasteiger partial charge in [0, 0.05) is 110 Å². The van der Waals surface area contributed by atoms with Crippen molar-refractivity contribution in [1.82, 2.24) is 49.7 Å². The monoisotopic (exact) mass is 1030 g/mol. The fourth-order valence-corrected chi connectivity index (χ4v) is 9.39. The van der Waals surface area contributed by atoms with E-state index in [4.69, 9.17) is 9.84 Å². The Morgan fingerprint density at radius 1 is 0.763 bits per heavy atom. The third kappa shape index (κ3) is 12.1. The highest BCUT2D eigenvalue weighted by atomic mass is 32.1. The van der Waals surface area contributed by atoms with Crippen LogP contribution >= 0.6 is 11.3 Å². The van der Waals surface area contributed by atoms with E-state index < -0.39 is 5.97 Å². The first kappa shape index (κ1) is 51.9. The Balaban J connectivity index is 0.000000143. The topological polar surface area (TPSA) is 205 Å². The molecule has 0 aliphatic rings. The first-order valence-electron chi connectivity index (χ1n) is 24.9. The van der Waals surface area contributed by atoms with E-state index in [1.165, 1.54) is 44.7 Å². The number of thiophene rings is 1. The van der Waals surface area contributed by atoms with E-state index in [1.54, 1.807) is 48.8 Å². The number of hydrogen-bond donors (Lipinski definition) is 5. The molecule has 0 saturated carbocycles. The Labute approximate surface area is 444 Å². The Bertz CT molecular complexity index is 3790. The number of carboxylic acids is 1. The van der Waals surface area contributed by atoms with Crippen molar-refractivity contribution in [3.8, 4) is 28.1 Å². The number of carboxylic acid groups (broad SMARTS) is 1. The van der Waals surface area contributed by atoms with E-state index in [0.717, 1.165) is 75.9 Å². The van der Waals surface area contributed by atoms with Gasteiger partial charge in [-0.05, 0) is 121 Å². The molecule has 384 valence electrons. The number of methoxy groups -OCH3 is 1. The number of nitrogens with one attached hydrogen (secondary N) is 4. The molecule has 76 heavy (non-hydrogen) atoms. The Morgan fingerprint density at radius 3 is 2.13 bits per heavy atom. The van der Waals surface area contributed by atoms with Gasteiger partial charge in [-0.3, -0.25) is 9.48 Å². The standard InChI is InChI=1S/C25H24N4O3.C18H15N3OS.C17H20N4/c1-25(2,3)20-13-19(29(4)28-20)23(32)18-14-27-24-22(18)17(10-11-26-24)16-7-5-6-15(12-16)8-9-21(30)31;1-22-16-3-2-12(9-20-16)8-14-10-21-18-17(14)15(4-6-19-18)13-5-7-23-11-13;1-12(2)9-19-16-6-5-13(10-20-16)8-14-11-21-17-15(14)4-3-7-18-17/h5-14H,1-4H3,(H,26,27)(H,30,31);2-7,9-11H,8H2,1H3,(H,19,21);3-7,10-12H,8-9H2,1-2H3,(H,18,21)(H,19,20)/b9-8+;;. The summed E-state index contributed by atoms with van der Waals surface area (Å²) in [6.45, 7) is 11.5. The highest BCUT2D eigenvalue weighted by Gasteiger charge is 2.25. The molecule has 10 aromatic heterocycles.